The summed E-state index contributed by atoms with van der Waals surface area (Å²) in [5, 5.41) is 5.08. The van der Waals surface area contributed by atoms with E-state index in [0.717, 1.165) is 23.8 Å². The summed E-state index contributed by atoms with van der Waals surface area (Å²) < 4.78 is 17.1. The maximum atomic E-state index is 5.93. The Kier molecular flexibility index (Phi) is 2.87. The Balaban J connectivity index is 1.65. The Labute approximate surface area is 128 Å². The molecule has 1 fully saturated rings. The van der Waals surface area contributed by atoms with E-state index in [1.165, 1.54) is 5.56 Å². The molecule has 1 atom stereocenters. The van der Waals surface area contributed by atoms with Gasteiger partial charge >= 0.3 is 0 Å². The molecule has 22 heavy (non-hydrogen) atoms. The third kappa shape index (κ3) is 2.31. The van der Waals surface area contributed by atoms with Crippen LogP contribution in [0.4, 0.5) is 0 Å². The van der Waals surface area contributed by atoms with Gasteiger partial charge in [-0.15, -0.1) is 0 Å². The highest BCUT2D eigenvalue weighted by molar-refractivity contribution is 5.82. The number of aryl methyl sites for hydroxylation is 1. The Bertz CT molecular complexity index is 831. The van der Waals surface area contributed by atoms with Gasteiger partial charge < -0.3 is 13.7 Å². The lowest BCUT2D eigenvalue weighted by atomic mass is 10.1. The van der Waals surface area contributed by atoms with Crippen LogP contribution in [0.1, 0.15) is 44.2 Å². The third-order valence-corrected chi connectivity index (χ3v) is 4.08. The average molecular weight is 298 g/mol. The molecule has 0 aliphatic carbocycles. The van der Waals surface area contributed by atoms with Crippen LogP contribution in [-0.2, 0) is 4.74 Å². The van der Waals surface area contributed by atoms with Gasteiger partial charge in [0.1, 0.15) is 11.7 Å². The van der Waals surface area contributed by atoms with Gasteiger partial charge in [-0.05, 0) is 51.8 Å². The Morgan fingerprint density at radius 1 is 1.23 bits per heavy atom. The summed E-state index contributed by atoms with van der Waals surface area (Å²) >= 11 is 0. The zero-order valence-electron chi connectivity index (χ0n) is 12.9. The molecule has 3 heterocycles. The van der Waals surface area contributed by atoms with Crippen molar-refractivity contribution in [3.8, 4) is 11.6 Å². The summed E-state index contributed by atoms with van der Waals surface area (Å²) in [4.78, 5) is 4.45. The number of rotatable bonds is 2. The molecule has 5 nitrogen and oxygen atoms in total. The minimum Gasteiger partial charge on any atom is -0.453 e. The van der Waals surface area contributed by atoms with Crippen LogP contribution in [0.25, 0.3) is 22.6 Å². The second-order valence-electron chi connectivity index (χ2n) is 6.51. The van der Waals surface area contributed by atoms with Gasteiger partial charge in [-0.25, -0.2) is 0 Å². The first-order chi connectivity index (χ1) is 10.5. The maximum absolute atomic E-state index is 5.93. The Morgan fingerprint density at radius 3 is 2.86 bits per heavy atom. The number of hydrogen-bond donors (Lipinski definition) is 0. The average Bonchev–Trinajstić information content (AvgIpc) is 3.14. The van der Waals surface area contributed by atoms with Crippen molar-refractivity contribution in [3.05, 3.63) is 35.7 Å². The SMILES string of the molecule is Cc1ccc2oc(-c3noc(C4CCC(C)(C)O4)n3)cc2c1. The molecule has 1 saturated heterocycles. The van der Waals surface area contributed by atoms with Gasteiger partial charge in [-0.1, -0.05) is 16.8 Å². The highest BCUT2D eigenvalue weighted by Crippen LogP contribution is 2.38. The number of fused-ring (bicyclic) bond motifs is 1. The zero-order chi connectivity index (χ0) is 15.3. The molecule has 1 aliphatic heterocycles. The quantitative estimate of drug-likeness (QED) is 0.700. The number of nitrogens with zero attached hydrogens (tertiary/aromatic N) is 2. The monoisotopic (exact) mass is 298 g/mol. The second kappa shape index (κ2) is 4.68. The molecule has 0 amide bonds. The van der Waals surface area contributed by atoms with Crippen LogP contribution >= 0.6 is 0 Å². The largest absolute Gasteiger partial charge is 0.453 e. The van der Waals surface area contributed by atoms with E-state index in [0.29, 0.717) is 17.5 Å². The highest BCUT2D eigenvalue weighted by Gasteiger charge is 2.36. The molecule has 0 N–H and O–H groups in total. The van der Waals surface area contributed by atoms with Gasteiger partial charge in [-0.2, -0.15) is 4.98 Å². The van der Waals surface area contributed by atoms with E-state index >= 15 is 0 Å². The molecule has 0 bridgehead atoms. The number of aromatic nitrogens is 2. The molecule has 2 aromatic heterocycles. The second-order valence-corrected chi connectivity index (χ2v) is 6.51. The summed E-state index contributed by atoms with van der Waals surface area (Å²) in [6, 6.07) is 7.99. The van der Waals surface area contributed by atoms with E-state index in [1.54, 1.807) is 0 Å². The van der Waals surface area contributed by atoms with Crippen LogP contribution in [0, 0.1) is 6.92 Å². The molecular formula is C17H18N2O3. The molecule has 1 aromatic carbocycles. The van der Waals surface area contributed by atoms with Crippen LogP contribution in [0.5, 0.6) is 0 Å². The molecule has 1 aliphatic rings. The molecule has 0 radical (unpaired) electrons. The Hall–Kier alpha value is -2.14. The third-order valence-electron chi connectivity index (χ3n) is 4.08. The molecule has 5 heteroatoms. The standard InChI is InChI=1S/C17H18N2O3/c1-10-4-5-12-11(8-10)9-14(20-12)15-18-16(22-19-15)13-6-7-17(2,3)21-13/h4-5,8-9,13H,6-7H2,1-3H3. The normalized spacial score (nSPS) is 20.8. The maximum Gasteiger partial charge on any atom is 0.256 e. The molecule has 0 spiro atoms. The summed E-state index contributed by atoms with van der Waals surface area (Å²) in [5.41, 5.74) is 1.89. The molecule has 1 unspecified atom stereocenters. The van der Waals surface area contributed by atoms with Gasteiger partial charge in [-0.3, -0.25) is 0 Å². The van der Waals surface area contributed by atoms with E-state index < -0.39 is 0 Å². The van der Waals surface area contributed by atoms with E-state index in [4.69, 9.17) is 13.7 Å². The molecule has 0 saturated carbocycles. The van der Waals surface area contributed by atoms with Crippen LogP contribution in [0.15, 0.2) is 33.2 Å². The molecule has 4 rings (SSSR count). The van der Waals surface area contributed by atoms with Crippen molar-refractivity contribution in [1.29, 1.82) is 0 Å². The van der Waals surface area contributed by atoms with Crippen molar-refractivity contribution >= 4 is 11.0 Å². The zero-order valence-corrected chi connectivity index (χ0v) is 12.9. The highest BCUT2D eigenvalue weighted by atomic mass is 16.5. The summed E-state index contributed by atoms with van der Waals surface area (Å²) in [6.07, 6.45) is 1.76. The molecule has 114 valence electrons. The van der Waals surface area contributed by atoms with Gasteiger partial charge in [0.15, 0.2) is 5.76 Å². The van der Waals surface area contributed by atoms with Crippen molar-refractivity contribution < 1.29 is 13.7 Å². The molecule has 3 aromatic rings. The molecular weight excluding hydrogens is 280 g/mol. The first kappa shape index (κ1) is 13.5. The number of furan rings is 1. The van der Waals surface area contributed by atoms with Gasteiger partial charge in [0.2, 0.25) is 5.82 Å². The van der Waals surface area contributed by atoms with E-state index in [1.807, 2.05) is 18.2 Å². The van der Waals surface area contributed by atoms with Crippen molar-refractivity contribution in [2.75, 3.05) is 0 Å². The van der Waals surface area contributed by atoms with Crippen molar-refractivity contribution in [2.24, 2.45) is 0 Å². The van der Waals surface area contributed by atoms with Gasteiger partial charge in [0.05, 0.1) is 5.60 Å². The lowest BCUT2D eigenvalue weighted by Gasteiger charge is -2.17. The van der Waals surface area contributed by atoms with Crippen molar-refractivity contribution in [1.82, 2.24) is 10.1 Å². The summed E-state index contributed by atoms with van der Waals surface area (Å²) in [7, 11) is 0. The Morgan fingerprint density at radius 2 is 2.09 bits per heavy atom. The van der Waals surface area contributed by atoms with E-state index in [-0.39, 0.29) is 11.7 Å². The van der Waals surface area contributed by atoms with Crippen molar-refractivity contribution in [3.63, 3.8) is 0 Å². The van der Waals surface area contributed by atoms with Crippen molar-refractivity contribution in [2.45, 2.75) is 45.3 Å². The predicted molar refractivity (Wildman–Crippen MR) is 81.4 cm³/mol. The van der Waals surface area contributed by atoms with E-state index in [9.17, 15) is 0 Å². The minimum atomic E-state index is -0.129. The van der Waals surface area contributed by atoms with Crippen LogP contribution < -0.4 is 0 Å². The first-order valence-corrected chi connectivity index (χ1v) is 7.52. The minimum absolute atomic E-state index is 0.122. The van der Waals surface area contributed by atoms with E-state index in [2.05, 4.69) is 37.0 Å². The summed E-state index contributed by atoms with van der Waals surface area (Å²) in [6.45, 7) is 6.20. The van der Waals surface area contributed by atoms with Crippen LogP contribution in [0.3, 0.4) is 0 Å². The van der Waals surface area contributed by atoms with Crippen LogP contribution in [0.2, 0.25) is 0 Å². The smallest absolute Gasteiger partial charge is 0.256 e. The fourth-order valence-corrected chi connectivity index (χ4v) is 2.89. The predicted octanol–water partition coefficient (Wildman–Crippen LogP) is 4.42. The van der Waals surface area contributed by atoms with Crippen LogP contribution in [-0.4, -0.2) is 15.7 Å². The topological polar surface area (TPSA) is 61.3 Å². The fraction of sp³-hybridized carbons (Fsp3) is 0.412. The van der Waals surface area contributed by atoms with Gasteiger partial charge in [0.25, 0.3) is 5.89 Å². The lowest BCUT2D eigenvalue weighted by molar-refractivity contribution is -0.0292. The number of benzene rings is 1. The first-order valence-electron chi connectivity index (χ1n) is 7.52. The number of ether oxygens (including phenoxy) is 1. The number of hydrogen-bond acceptors (Lipinski definition) is 5. The lowest BCUT2D eigenvalue weighted by Crippen LogP contribution is -2.17. The van der Waals surface area contributed by atoms with Gasteiger partial charge in [0, 0.05) is 5.39 Å². The summed E-state index contributed by atoms with van der Waals surface area (Å²) in [5.74, 6) is 1.61. The fourth-order valence-electron chi connectivity index (χ4n) is 2.89.